The molecule has 0 saturated heterocycles. The molecule has 0 spiro atoms. The smallest absolute Gasteiger partial charge is 0.275 e. The first-order valence-corrected chi connectivity index (χ1v) is 10.2. The maximum absolute atomic E-state index is 12.7. The van der Waals surface area contributed by atoms with E-state index in [0.717, 1.165) is 34.8 Å². The fourth-order valence-electron chi connectivity index (χ4n) is 3.06. The van der Waals surface area contributed by atoms with Gasteiger partial charge in [0.25, 0.3) is 17.7 Å². The Morgan fingerprint density at radius 1 is 1.03 bits per heavy atom. The van der Waals surface area contributed by atoms with Crippen molar-refractivity contribution in [3.05, 3.63) is 48.2 Å². The number of anilines is 1. The summed E-state index contributed by atoms with van der Waals surface area (Å²) < 4.78 is 0. The zero-order chi connectivity index (χ0) is 22.8. The van der Waals surface area contributed by atoms with Crippen LogP contribution in [-0.4, -0.2) is 59.5 Å². The lowest BCUT2D eigenvalue weighted by atomic mass is 10.0. The van der Waals surface area contributed by atoms with Gasteiger partial charge in [-0.2, -0.15) is 0 Å². The maximum atomic E-state index is 12.7. The minimum absolute atomic E-state index is 0.299. The Morgan fingerprint density at radius 3 is 2.26 bits per heavy atom. The van der Waals surface area contributed by atoms with Gasteiger partial charge in [0, 0.05) is 38.0 Å². The van der Waals surface area contributed by atoms with E-state index in [0.29, 0.717) is 5.56 Å². The number of carbonyl (C=O) groups excluding carboxylic acids is 3. The molecule has 1 atom stereocenters. The Hall–Kier alpha value is -3.46. The van der Waals surface area contributed by atoms with Crippen LogP contribution < -0.4 is 16.1 Å². The number of hydroxylamine groups is 1. The van der Waals surface area contributed by atoms with E-state index in [4.69, 9.17) is 5.21 Å². The van der Waals surface area contributed by atoms with Gasteiger partial charge in [0.05, 0.1) is 0 Å². The third kappa shape index (κ3) is 6.26. The lowest BCUT2D eigenvalue weighted by Crippen LogP contribution is -2.54. The predicted octanol–water partition coefficient (Wildman–Crippen LogP) is 2.04. The summed E-state index contributed by atoms with van der Waals surface area (Å²) in [5, 5.41) is 14.5. The van der Waals surface area contributed by atoms with E-state index in [2.05, 4.69) is 22.5 Å². The van der Waals surface area contributed by atoms with Gasteiger partial charge in [-0.25, -0.2) is 10.5 Å². The standard InChI is InChI=1S/C22H29N5O4/c1-4-5-6-13-24-18-12-11-17(14-25-18)15-7-9-16(10-8-15)22(30)27(3)19(20(28)23-2)21(29)26-31/h7-12,14,19,31H,4-6,13H2,1-3H3,(H,23,28)(H,24,25)(H,26,29). The van der Waals surface area contributed by atoms with E-state index < -0.39 is 23.8 Å². The number of aromatic nitrogens is 1. The highest BCUT2D eigenvalue weighted by Gasteiger charge is 2.33. The fraction of sp³-hybridized carbons (Fsp3) is 0.364. The van der Waals surface area contributed by atoms with Crippen molar-refractivity contribution in [2.45, 2.75) is 32.2 Å². The highest BCUT2D eigenvalue weighted by atomic mass is 16.5. The van der Waals surface area contributed by atoms with Crippen LogP contribution in [0.1, 0.15) is 36.5 Å². The lowest BCUT2D eigenvalue weighted by molar-refractivity contribution is -0.140. The summed E-state index contributed by atoms with van der Waals surface area (Å²) in [6.45, 7) is 3.05. The van der Waals surface area contributed by atoms with Crippen LogP contribution in [0.3, 0.4) is 0 Å². The summed E-state index contributed by atoms with van der Waals surface area (Å²) in [5.41, 5.74) is 3.49. The first kappa shape index (κ1) is 23.8. The Labute approximate surface area is 181 Å². The molecule has 3 amide bonds. The van der Waals surface area contributed by atoms with Crippen LogP contribution >= 0.6 is 0 Å². The van der Waals surface area contributed by atoms with Gasteiger partial charge >= 0.3 is 0 Å². The average molecular weight is 428 g/mol. The Kier molecular flexibility index (Phi) is 8.95. The molecular formula is C22H29N5O4. The maximum Gasteiger partial charge on any atom is 0.275 e. The number of pyridine rings is 1. The minimum Gasteiger partial charge on any atom is -0.370 e. The summed E-state index contributed by atoms with van der Waals surface area (Å²) in [6.07, 6.45) is 5.21. The van der Waals surface area contributed by atoms with E-state index in [1.54, 1.807) is 30.5 Å². The number of rotatable bonds is 10. The van der Waals surface area contributed by atoms with Crippen LogP contribution in [0.2, 0.25) is 0 Å². The van der Waals surface area contributed by atoms with Gasteiger partial charge in [0.1, 0.15) is 5.82 Å². The Bertz CT molecular complexity index is 868. The zero-order valence-electron chi connectivity index (χ0n) is 18.0. The molecule has 0 aliphatic rings. The van der Waals surface area contributed by atoms with Crippen molar-refractivity contribution < 1.29 is 19.6 Å². The second kappa shape index (κ2) is 11.7. The number of nitrogens with zero attached hydrogens (tertiary/aromatic N) is 2. The second-order valence-electron chi connectivity index (χ2n) is 7.05. The van der Waals surface area contributed by atoms with Crippen molar-refractivity contribution >= 4 is 23.5 Å². The number of nitrogens with one attached hydrogen (secondary N) is 3. The summed E-state index contributed by atoms with van der Waals surface area (Å²) in [6, 6.07) is 9.14. The summed E-state index contributed by atoms with van der Waals surface area (Å²) >= 11 is 0. The molecule has 0 aliphatic heterocycles. The van der Waals surface area contributed by atoms with Gasteiger partial charge < -0.3 is 15.5 Å². The molecule has 0 radical (unpaired) electrons. The predicted molar refractivity (Wildman–Crippen MR) is 118 cm³/mol. The van der Waals surface area contributed by atoms with Crippen LogP contribution in [0.4, 0.5) is 5.82 Å². The third-order valence-corrected chi connectivity index (χ3v) is 4.88. The average Bonchev–Trinajstić information content (AvgIpc) is 2.81. The molecule has 2 rings (SSSR count). The van der Waals surface area contributed by atoms with Gasteiger partial charge in [-0.15, -0.1) is 0 Å². The van der Waals surface area contributed by atoms with Crippen molar-refractivity contribution in [2.75, 3.05) is 26.0 Å². The van der Waals surface area contributed by atoms with Crippen molar-refractivity contribution in [3.63, 3.8) is 0 Å². The molecule has 0 saturated carbocycles. The normalized spacial score (nSPS) is 11.4. The molecular weight excluding hydrogens is 398 g/mol. The number of unbranched alkanes of at least 4 members (excludes halogenated alkanes) is 2. The quantitative estimate of drug-likeness (QED) is 0.199. The van der Waals surface area contributed by atoms with Gasteiger partial charge in [0.15, 0.2) is 6.04 Å². The van der Waals surface area contributed by atoms with E-state index in [1.807, 2.05) is 12.1 Å². The van der Waals surface area contributed by atoms with Crippen molar-refractivity contribution in [2.24, 2.45) is 0 Å². The SMILES string of the molecule is CCCCCNc1ccc(-c2ccc(C(=O)N(C)C(C(=O)NC)C(=O)NO)cc2)cn1. The molecule has 0 bridgehead atoms. The summed E-state index contributed by atoms with van der Waals surface area (Å²) in [4.78, 5) is 41.9. The molecule has 1 aromatic carbocycles. The van der Waals surface area contributed by atoms with Crippen LogP contribution in [0.15, 0.2) is 42.6 Å². The molecule has 0 aliphatic carbocycles. The van der Waals surface area contributed by atoms with Gasteiger partial charge in [-0.1, -0.05) is 31.9 Å². The molecule has 166 valence electrons. The van der Waals surface area contributed by atoms with Gasteiger partial charge in [0.2, 0.25) is 0 Å². The van der Waals surface area contributed by atoms with E-state index in [1.165, 1.54) is 32.4 Å². The number of benzene rings is 1. The van der Waals surface area contributed by atoms with Crippen LogP contribution in [-0.2, 0) is 9.59 Å². The topological polar surface area (TPSA) is 124 Å². The largest absolute Gasteiger partial charge is 0.370 e. The lowest BCUT2D eigenvalue weighted by Gasteiger charge is -2.25. The summed E-state index contributed by atoms with van der Waals surface area (Å²) in [7, 11) is 2.66. The third-order valence-electron chi connectivity index (χ3n) is 4.88. The van der Waals surface area contributed by atoms with E-state index in [9.17, 15) is 14.4 Å². The Morgan fingerprint density at radius 2 is 1.71 bits per heavy atom. The molecule has 31 heavy (non-hydrogen) atoms. The first-order valence-electron chi connectivity index (χ1n) is 10.2. The number of hydrogen-bond donors (Lipinski definition) is 4. The number of likely N-dealkylation sites (N-methyl/N-ethyl adjacent to an activating group) is 2. The number of carbonyl (C=O) groups is 3. The molecule has 2 aromatic rings. The molecule has 1 unspecified atom stereocenters. The van der Waals surface area contributed by atoms with Crippen LogP contribution in [0.25, 0.3) is 11.1 Å². The van der Waals surface area contributed by atoms with E-state index in [-0.39, 0.29) is 0 Å². The van der Waals surface area contributed by atoms with E-state index >= 15 is 0 Å². The van der Waals surface area contributed by atoms with Gasteiger partial charge in [-0.05, 0) is 36.2 Å². The first-order chi connectivity index (χ1) is 14.9. The van der Waals surface area contributed by atoms with Crippen molar-refractivity contribution in [1.82, 2.24) is 20.7 Å². The monoisotopic (exact) mass is 427 g/mol. The molecule has 0 fully saturated rings. The summed E-state index contributed by atoms with van der Waals surface area (Å²) in [5.74, 6) is -1.43. The van der Waals surface area contributed by atoms with Crippen LogP contribution in [0.5, 0.6) is 0 Å². The van der Waals surface area contributed by atoms with Gasteiger partial charge in [-0.3, -0.25) is 19.6 Å². The van der Waals surface area contributed by atoms with Crippen molar-refractivity contribution in [1.29, 1.82) is 0 Å². The highest BCUT2D eigenvalue weighted by Crippen LogP contribution is 2.21. The minimum atomic E-state index is -1.50. The zero-order valence-corrected chi connectivity index (χ0v) is 18.0. The second-order valence-corrected chi connectivity index (χ2v) is 7.05. The number of amides is 3. The molecule has 1 aromatic heterocycles. The van der Waals surface area contributed by atoms with Crippen LogP contribution in [0, 0.1) is 0 Å². The highest BCUT2D eigenvalue weighted by molar-refractivity contribution is 6.08. The molecule has 4 N–H and O–H groups in total. The Balaban J connectivity index is 2.09. The van der Waals surface area contributed by atoms with Crippen molar-refractivity contribution in [3.8, 4) is 11.1 Å². The fourth-order valence-corrected chi connectivity index (χ4v) is 3.06. The molecule has 9 nitrogen and oxygen atoms in total. The molecule has 9 heteroatoms. The number of hydrogen-bond acceptors (Lipinski definition) is 6. The molecule has 1 heterocycles.